The summed E-state index contributed by atoms with van der Waals surface area (Å²) in [5.74, 6) is 0. The highest BCUT2D eigenvalue weighted by Gasteiger charge is 2.02. The molecular formula is C8H9ClOS. The van der Waals surface area contributed by atoms with Crippen molar-refractivity contribution >= 4 is 23.4 Å². The van der Waals surface area contributed by atoms with Crippen LogP contribution in [0.1, 0.15) is 5.56 Å². The van der Waals surface area contributed by atoms with Gasteiger partial charge in [-0.15, -0.1) is 11.8 Å². The third kappa shape index (κ3) is 1.89. The number of halogens is 1. The molecule has 0 bridgehead atoms. The van der Waals surface area contributed by atoms with E-state index in [0.717, 1.165) is 10.5 Å². The Morgan fingerprint density at radius 1 is 1.55 bits per heavy atom. The average molecular weight is 189 g/mol. The van der Waals surface area contributed by atoms with E-state index in [1.165, 1.54) is 0 Å². The Hall–Kier alpha value is -0.180. The van der Waals surface area contributed by atoms with Gasteiger partial charge >= 0.3 is 0 Å². The molecule has 0 radical (unpaired) electrons. The molecule has 1 aromatic rings. The Labute approximate surface area is 75.4 Å². The fraction of sp³-hybridized carbons (Fsp3) is 0.250. The Bertz CT molecular complexity index is 228. The van der Waals surface area contributed by atoms with Crippen molar-refractivity contribution in [3.63, 3.8) is 0 Å². The van der Waals surface area contributed by atoms with E-state index in [1.807, 2.05) is 24.5 Å². The highest BCUT2D eigenvalue weighted by atomic mass is 35.5. The van der Waals surface area contributed by atoms with E-state index in [9.17, 15) is 0 Å². The van der Waals surface area contributed by atoms with Gasteiger partial charge in [-0.3, -0.25) is 0 Å². The van der Waals surface area contributed by atoms with Crippen molar-refractivity contribution < 1.29 is 5.11 Å². The van der Waals surface area contributed by atoms with Gasteiger partial charge in [-0.1, -0.05) is 23.7 Å². The number of rotatable bonds is 2. The Balaban J connectivity index is 3.10. The molecule has 3 heteroatoms. The smallest absolute Gasteiger partial charge is 0.0696 e. The highest BCUT2D eigenvalue weighted by molar-refractivity contribution is 7.98. The molecule has 0 heterocycles. The second kappa shape index (κ2) is 4.00. The van der Waals surface area contributed by atoms with Gasteiger partial charge in [0.05, 0.1) is 11.6 Å². The van der Waals surface area contributed by atoms with Crippen LogP contribution >= 0.6 is 23.4 Å². The van der Waals surface area contributed by atoms with Crippen LogP contribution in [-0.2, 0) is 6.61 Å². The number of thioether (sulfide) groups is 1. The zero-order valence-corrected chi connectivity index (χ0v) is 7.75. The summed E-state index contributed by atoms with van der Waals surface area (Å²) in [6.07, 6.45) is 1.96. The predicted octanol–water partition coefficient (Wildman–Crippen LogP) is 2.55. The molecule has 1 N–H and O–H groups in total. The van der Waals surface area contributed by atoms with Gasteiger partial charge in [-0.05, 0) is 17.9 Å². The summed E-state index contributed by atoms with van der Waals surface area (Å²) in [5.41, 5.74) is 0.790. The summed E-state index contributed by atoms with van der Waals surface area (Å²) in [6.45, 7) is 0.00718. The van der Waals surface area contributed by atoms with Gasteiger partial charge < -0.3 is 5.11 Å². The molecule has 0 saturated heterocycles. The lowest BCUT2D eigenvalue weighted by Gasteiger charge is -2.03. The minimum absolute atomic E-state index is 0.00718. The fourth-order valence-electron chi connectivity index (χ4n) is 0.836. The van der Waals surface area contributed by atoms with Crippen LogP contribution in [0.3, 0.4) is 0 Å². The van der Waals surface area contributed by atoms with E-state index in [0.29, 0.717) is 5.02 Å². The standard InChI is InChI=1S/C8H9ClOS/c1-11-7-4-2-3-6(5-10)8(7)9/h2-4,10H,5H2,1H3. The molecule has 0 saturated carbocycles. The molecule has 60 valence electrons. The van der Waals surface area contributed by atoms with Crippen molar-refractivity contribution in [2.75, 3.05) is 6.26 Å². The Morgan fingerprint density at radius 2 is 2.27 bits per heavy atom. The maximum atomic E-state index is 8.84. The van der Waals surface area contributed by atoms with E-state index in [1.54, 1.807) is 11.8 Å². The maximum absolute atomic E-state index is 8.84. The van der Waals surface area contributed by atoms with Gasteiger partial charge in [0.2, 0.25) is 0 Å². The molecule has 0 atom stereocenters. The van der Waals surface area contributed by atoms with Crippen LogP contribution in [0.25, 0.3) is 0 Å². The third-order valence-electron chi connectivity index (χ3n) is 1.43. The van der Waals surface area contributed by atoms with Crippen molar-refractivity contribution in [2.45, 2.75) is 11.5 Å². The summed E-state index contributed by atoms with van der Waals surface area (Å²) >= 11 is 7.51. The molecule has 0 aromatic heterocycles. The van der Waals surface area contributed by atoms with Crippen molar-refractivity contribution in [3.05, 3.63) is 28.8 Å². The van der Waals surface area contributed by atoms with Crippen LogP contribution in [0, 0.1) is 0 Å². The first-order chi connectivity index (χ1) is 5.29. The molecule has 11 heavy (non-hydrogen) atoms. The first-order valence-electron chi connectivity index (χ1n) is 3.22. The molecule has 0 spiro atoms. The summed E-state index contributed by atoms with van der Waals surface area (Å²) in [6, 6.07) is 5.65. The van der Waals surface area contributed by atoms with Crippen LogP contribution in [0.15, 0.2) is 23.1 Å². The molecule has 1 rings (SSSR count). The summed E-state index contributed by atoms with van der Waals surface area (Å²) < 4.78 is 0. The molecular weight excluding hydrogens is 180 g/mol. The van der Waals surface area contributed by atoms with Crippen molar-refractivity contribution in [3.8, 4) is 0 Å². The topological polar surface area (TPSA) is 20.2 Å². The molecule has 0 fully saturated rings. The highest BCUT2D eigenvalue weighted by Crippen LogP contribution is 2.28. The lowest BCUT2D eigenvalue weighted by atomic mass is 10.2. The minimum Gasteiger partial charge on any atom is -0.392 e. The van der Waals surface area contributed by atoms with Crippen LogP contribution in [0.2, 0.25) is 5.02 Å². The second-order valence-corrected chi connectivity index (χ2v) is 3.32. The maximum Gasteiger partial charge on any atom is 0.0696 e. The molecule has 0 aliphatic rings. The predicted molar refractivity (Wildman–Crippen MR) is 49.2 cm³/mol. The van der Waals surface area contributed by atoms with Crippen LogP contribution in [0.4, 0.5) is 0 Å². The number of benzene rings is 1. The van der Waals surface area contributed by atoms with E-state index in [2.05, 4.69) is 0 Å². The van der Waals surface area contributed by atoms with E-state index in [4.69, 9.17) is 16.7 Å². The largest absolute Gasteiger partial charge is 0.392 e. The summed E-state index contributed by atoms with van der Waals surface area (Å²) in [7, 11) is 0. The minimum atomic E-state index is 0.00718. The summed E-state index contributed by atoms with van der Waals surface area (Å²) in [5, 5.41) is 9.51. The molecule has 0 aliphatic carbocycles. The van der Waals surface area contributed by atoms with Gasteiger partial charge in [0.1, 0.15) is 0 Å². The first kappa shape index (κ1) is 8.91. The Morgan fingerprint density at radius 3 is 2.82 bits per heavy atom. The van der Waals surface area contributed by atoms with Crippen molar-refractivity contribution in [1.29, 1.82) is 0 Å². The molecule has 1 aromatic carbocycles. The normalized spacial score (nSPS) is 10.1. The fourth-order valence-corrected chi connectivity index (χ4v) is 1.78. The lowest BCUT2D eigenvalue weighted by Crippen LogP contribution is -1.85. The van der Waals surface area contributed by atoms with Gasteiger partial charge in [-0.25, -0.2) is 0 Å². The number of aliphatic hydroxyl groups excluding tert-OH is 1. The third-order valence-corrected chi connectivity index (χ3v) is 2.77. The van der Waals surface area contributed by atoms with Crippen molar-refractivity contribution in [1.82, 2.24) is 0 Å². The number of hydrogen-bond acceptors (Lipinski definition) is 2. The number of hydrogen-bond donors (Lipinski definition) is 1. The number of aliphatic hydroxyl groups is 1. The molecule has 0 aliphatic heterocycles. The molecule has 0 unspecified atom stereocenters. The van der Waals surface area contributed by atoms with E-state index in [-0.39, 0.29) is 6.61 Å². The first-order valence-corrected chi connectivity index (χ1v) is 4.82. The van der Waals surface area contributed by atoms with Crippen molar-refractivity contribution in [2.24, 2.45) is 0 Å². The van der Waals surface area contributed by atoms with E-state index < -0.39 is 0 Å². The molecule has 1 nitrogen and oxygen atoms in total. The van der Waals surface area contributed by atoms with Crippen LogP contribution in [0.5, 0.6) is 0 Å². The lowest BCUT2D eigenvalue weighted by molar-refractivity contribution is 0.281. The second-order valence-electron chi connectivity index (χ2n) is 2.09. The van der Waals surface area contributed by atoms with Crippen LogP contribution < -0.4 is 0 Å². The quantitative estimate of drug-likeness (QED) is 0.720. The van der Waals surface area contributed by atoms with E-state index >= 15 is 0 Å². The van der Waals surface area contributed by atoms with Gasteiger partial charge in [0, 0.05) is 4.90 Å². The van der Waals surface area contributed by atoms with Gasteiger partial charge in [0.25, 0.3) is 0 Å². The zero-order chi connectivity index (χ0) is 8.27. The van der Waals surface area contributed by atoms with Gasteiger partial charge in [0.15, 0.2) is 0 Å². The summed E-state index contributed by atoms with van der Waals surface area (Å²) in [4.78, 5) is 1.01. The monoisotopic (exact) mass is 188 g/mol. The molecule has 0 amide bonds. The Kier molecular flexibility index (Phi) is 3.24. The SMILES string of the molecule is CSc1cccc(CO)c1Cl. The van der Waals surface area contributed by atoms with Crippen LogP contribution in [-0.4, -0.2) is 11.4 Å². The zero-order valence-electron chi connectivity index (χ0n) is 6.17. The van der Waals surface area contributed by atoms with Gasteiger partial charge in [-0.2, -0.15) is 0 Å². The average Bonchev–Trinajstić information content (AvgIpc) is 2.05.